The van der Waals surface area contributed by atoms with Gasteiger partial charge in [-0.1, -0.05) is 53.2 Å². The molecule has 0 heterocycles. The molecule has 5 nitrogen and oxygen atoms in total. The van der Waals surface area contributed by atoms with Crippen molar-refractivity contribution in [2.45, 2.75) is 112 Å². The molecule has 36 heavy (non-hydrogen) atoms. The molecule has 0 aromatic heterocycles. The Morgan fingerprint density at radius 1 is 1.00 bits per heavy atom. The molecule has 5 heteroatoms. The second-order valence-corrected chi connectivity index (χ2v) is 15.2. The number of fused-ring (bicyclic) bond motifs is 7. The highest BCUT2D eigenvalue weighted by Gasteiger charge is 2.69. The predicted octanol–water partition coefficient (Wildman–Crippen LogP) is 5.58. The molecule has 5 aliphatic rings. The van der Waals surface area contributed by atoms with E-state index >= 15 is 0 Å². The minimum Gasteiger partial charge on any atom is -0.450 e. The van der Waals surface area contributed by atoms with Crippen LogP contribution in [0.15, 0.2) is 11.6 Å². The Morgan fingerprint density at radius 3 is 2.36 bits per heavy atom. The third-order valence-corrected chi connectivity index (χ3v) is 13.4. The first kappa shape index (κ1) is 26.7. The summed E-state index contributed by atoms with van der Waals surface area (Å²) in [7, 11) is 0. The van der Waals surface area contributed by atoms with E-state index in [9.17, 15) is 15.0 Å². The van der Waals surface area contributed by atoms with E-state index < -0.39 is 16.9 Å². The van der Waals surface area contributed by atoms with Gasteiger partial charge in [0.05, 0.1) is 18.1 Å². The van der Waals surface area contributed by atoms with Crippen molar-refractivity contribution >= 4 is 5.97 Å². The van der Waals surface area contributed by atoms with E-state index in [4.69, 9.17) is 10.5 Å². The molecule has 4 saturated carbocycles. The second-order valence-electron chi connectivity index (χ2n) is 15.2. The summed E-state index contributed by atoms with van der Waals surface area (Å²) in [5, 5.41) is 21.4. The van der Waals surface area contributed by atoms with Crippen molar-refractivity contribution in [2.75, 3.05) is 13.3 Å². The molecular weight excluding hydrogens is 450 g/mol. The zero-order valence-corrected chi connectivity index (χ0v) is 23.7. The lowest BCUT2D eigenvalue weighted by Crippen LogP contribution is -2.66. The van der Waals surface area contributed by atoms with Gasteiger partial charge >= 0.3 is 5.97 Å². The fourth-order valence-corrected chi connectivity index (χ4v) is 10.9. The van der Waals surface area contributed by atoms with Crippen LogP contribution in [0.2, 0.25) is 0 Å². The van der Waals surface area contributed by atoms with Crippen LogP contribution >= 0.6 is 0 Å². The lowest BCUT2D eigenvalue weighted by Gasteiger charge is -2.71. The standard InChI is InChI=1S/C31H51NO4/c1-26(2)13-15-31(25(35)36-19-32)16-14-29(5)20(21(31)17-26)7-8-23-27(3)11-10-24(34)28(4,18-33)22(27)9-12-30(23,29)6/h7,21-24,33-34H,8-19,32H2,1-6H3/t21?,22?,23?,24-,27-,28-,29+,30+,31-/m0/s1. The fourth-order valence-electron chi connectivity index (χ4n) is 10.9. The molecular formula is C31H51NO4. The van der Waals surface area contributed by atoms with E-state index in [-0.39, 0.29) is 46.9 Å². The zero-order valence-electron chi connectivity index (χ0n) is 23.7. The van der Waals surface area contributed by atoms with Crippen LogP contribution in [0.25, 0.3) is 0 Å². The molecule has 0 radical (unpaired) electrons. The largest absolute Gasteiger partial charge is 0.450 e. The summed E-state index contributed by atoms with van der Waals surface area (Å²) < 4.78 is 5.55. The minimum atomic E-state index is -0.436. The number of aliphatic hydroxyl groups is 2. The van der Waals surface area contributed by atoms with Crippen LogP contribution in [0.1, 0.15) is 106 Å². The van der Waals surface area contributed by atoms with Gasteiger partial charge in [0.15, 0.2) is 0 Å². The molecule has 0 spiro atoms. The van der Waals surface area contributed by atoms with Gasteiger partial charge in [-0.15, -0.1) is 0 Å². The topological polar surface area (TPSA) is 92.8 Å². The van der Waals surface area contributed by atoms with Crippen LogP contribution in [0, 0.1) is 50.2 Å². The summed E-state index contributed by atoms with van der Waals surface area (Å²) in [6.45, 7) is 14.4. The predicted molar refractivity (Wildman–Crippen MR) is 142 cm³/mol. The third-order valence-electron chi connectivity index (χ3n) is 13.4. The monoisotopic (exact) mass is 501 g/mol. The Balaban J connectivity index is 1.58. The van der Waals surface area contributed by atoms with Crippen molar-refractivity contribution in [3.05, 3.63) is 11.6 Å². The zero-order chi connectivity index (χ0) is 26.4. The molecule has 204 valence electrons. The second kappa shape index (κ2) is 8.29. The van der Waals surface area contributed by atoms with Crippen LogP contribution in [0.4, 0.5) is 0 Å². The van der Waals surface area contributed by atoms with Crippen LogP contribution in [0.3, 0.4) is 0 Å². The molecule has 4 N–H and O–H groups in total. The Kier molecular flexibility index (Phi) is 6.15. The van der Waals surface area contributed by atoms with E-state index in [0.717, 1.165) is 64.2 Å². The molecule has 0 aromatic carbocycles. The summed E-state index contributed by atoms with van der Waals surface area (Å²) in [6, 6.07) is 0. The first-order valence-corrected chi connectivity index (χ1v) is 14.6. The van der Waals surface area contributed by atoms with Crippen LogP contribution in [0.5, 0.6) is 0 Å². The van der Waals surface area contributed by atoms with Crippen LogP contribution < -0.4 is 5.73 Å². The number of carbonyl (C=O) groups excluding carboxylic acids is 1. The fraction of sp³-hybridized carbons (Fsp3) is 0.903. The molecule has 3 unspecified atom stereocenters. The van der Waals surface area contributed by atoms with Crippen molar-refractivity contribution in [3.63, 3.8) is 0 Å². The van der Waals surface area contributed by atoms with E-state index in [0.29, 0.717) is 11.8 Å². The summed E-state index contributed by atoms with van der Waals surface area (Å²) in [4.78, 5) is 13.5. The van der Waals surface area contributed by atoms with Gasteiger partial charge in [-0.3, -0.25) is 10.5 Å². The highest BCUT2D eigenvalue weighted by Crippen LogP contribution is 2.75. The SMILES string of the molecule is CC1(C)CC[C@]2(C(=O)OCN)CC[C@]3(C)C(=CCC4[C@@]5(C)CC[C@H](O)[C@@](C)(CO)C5CC[C@]43C)C2C1. The molecule has 0 aliphatic heterocycles. The van der Waals surface area contributed by atoms with E-state index in [1.165, 1.54) is 5.57 Å². The molecule has 5 rings (SSSR count). The summed E-state index contributed by atoms with van der Waals surface area (Å²) in [5.74, 6) is 0.983. The summed E-state index contributed by atoms with van der Waals surface area (Å²) in [5.41, 5.74) is 6.83. The Labute approximate surface area is 218 Å². The maximum atomic E-state index is 13.5. The number of ether oxygens (including phenoxy) is 1. The lowest BCUT2D eigenvalue weighted by atomic mass is 9.33. The van der Waals surface area contributed by atoms with Gasteiger partial charge in [-0.05, 0) is 104 Å². The van der Waals surface area contributed by atoms with Crippen LogP contribution in [-0.2, 0) is 9.53 Å². The quantitative estimate of drug-likeness (QED) is 0.267. The van der Waals surface area contributed by atoms with Crippen molar-refractivity contribution in [1.29, 1.82) is 0 Å². The molecule has 9 atom stereocenters. The first-order chi connectivity index (χ1) is 16.7. The summed E-state index contributed by atoms with van der Waals surface area (Å²) in [6.07, 6.45) is 12.0. The van der Waals surface area contributed by atoms with E-state index in [2.05, 4.69) is 47.6 Å². The molecule has 4 fully saturated rings. The van der Waals surface area contributed by atoms with Gasteiger partial charge in [-0.25, -0.2) is 0 Å². The van der Waals surface area contributed by atoms with Gasteiger partial charge in [0.25, 0.3) is 0 Å². The Bertz CT molecular complexity index is 945. The average molecular weight is 502 g/mol. The van der Waals surface area contributed by atoms with Crippen molar-refractivity contribution in [1.82, 2.24) is 0 Å². The summed E-state index contributed by atoms with van der Waals surface area (Å²) >= 11 is 0. The van der Waals surface area contributed by atoms with Crippen molar-refractivity contribution in [3.8, 4) is 0 Å². The molecule has 0 aromatic rings. The number of hydrogen-bond acceptors (Lipinski definition) is 5. The molecule has 0 saturated heterocycles. The number of carbonyl (C=O) groups is 1. The van der Waals surface area contributed by atoms with Crippen LogP contribution in [-0.4, -0.2) is 35.6 Å². The molecule has 0 bridgehead atoms. The number of nitrogens with two attached hydrogens (primary N) is 1. The minimum absolute atomic E-state index is 0.0397. The van der Waals surface area contributed by atoms with Gasteiger partial charge in [0, 0.05) is 5.41 Å². The number of hydrogen-bond donors (Lipinski definition) is 3. The smallest absolute Gasteiger partial charge is 0.313 e. The van der Waals surface area contributed by atoms with Gasteiger partial charge in [0.1, 0.15) is 6.73 Å². The van der Waals surface area contributed by atoms with Gasteiger partial charge < -0.3 is 14.9 Å². The number of allylic oxidation sites excluding steroid dienone is 2. The van der Waals surface area contributed by atoms with Crippen molar-refractivity contribution in [2.24, 2.45) is 56.0 Å². The lowest BCUT2D eigenvalue weighted by molar-refractivity contribution is -0.217. The highest BCUT2D eigenvalue weighted by molar-refractivity contribution is 5.78. The molecule has 5 aliphatic carbocycles. The average Bonchev–Trinajstić information content (AvgIpc) is 2.82. The normalized spacial score (nSPS) is 51.6. The van der Waals surface area contributed by atoms with Gasteiger partial charge in [0.2, 0.25) is 0 Å². The van der Waals surface area contributed by atoms with E-state index in [1.807, 2.05) is 0 Å². The Morgan fingerprint density at radius 2 is 1.69 bits per heavy atom. The van der Waals surface area contributed by atoms with E-state index in [1.54, 1.807) is 0 Å². The van der Waals surface area contributed by atoms with Gasteiger partial charge in [-0.2, -0.15) is 0 Å². The maximum absolute atomic E-state index is 13.5. The number of aliphatic hydroxyl groups excluding tert-OH is 2. The molecule has 0 amide bonds. The third kappa shape index (κ3) is 3.27. The number of rotatable bonds is 3. The first-order valence-electron chi connectivity index (χ1n) is 14.6. The van der Waals surface area contributed by atoms with Crippen molar-refractivity contribution < 1.29 is 19.7 Å². The number of esters is 1. The Hall–Kier alpha value is -0.910. The highest BCUT2D eigenvalue weighted by atomic mass is 16.5. The maximum Gasteiger partial charge on any atom is 0.313 e.